The number of nitrogens with one attached hydrogen (secondary N) is 1. The van der Waals surface area contributed by atoms with Crippen molar-refractivity contribution in [2.24, 2.45) is 5.41 Å². The van der Waals surface area contributed by atoms with E-state index >= 15 is 0 Å². The largest absolute Gasteiger partial charge is 0.481 e. The van der Waals surface area contributed by atoms with Gasteiger partial charge in [0.2, 0.25) is 10.0 Å². The van der Waals surface area contributed by atoms with E-state index in [9.17, 15) is 13.2 Å². The van der Waals surface area contributed by atoms with Gasteiger partial charge < -0.3 is 5.11 Å². The average molecular weight is 348 g/mol. The van der Waals surface area contributed by atoms with Gasteiger partial charge in [-0.2, -0.15) is 0 Å². The van der Waals surface area contributed by atoms with E-state index in [2.05, 4.69) is 4.72 Å². The Kier molecular flexibility index (Phi) is 6.84. The zero-order chi connectivity index (χ0) is 16.8. The Morgan fingerprint density at radius 3 is 2.32 bits per heavy atom. The van der Waals surface area contributed by atoms with Crippen molar-refractivity contribution in [3.8, 4) is 0 Å². The van der Waals surface area contributed by atoms with Crippen LogP contribution in [-0.2, 0) is 14.8 Å². The molecule has 124 valence electrons. The molecule has 1 rings (SSSR count). The number of hydrogen-bond acceptors (Lipinski definition) is 3. The van der Waals surface area contributed by atoms with Crippen molar-refractivity contribution < 1.29 is 18.3 Å². The summed E-state index contributed by atoms with van der Waals surface area (Å²) >= 11 is 5.73. The molecule has 7 heteroatoms. The lowest BCUT2D eigenvalue weighted by Gasteiger charge is -2.18. The number of rotatable bonds is 9. The van der Waals surface area contributed by atoms with Gasteiger partial charge in [-0.15, -0.1) is 0 Å². The van der Waals surface area contributed by atoms with Crippen LogP contribution in [0.2, 0.25) is 5.02 Å². The first-order valence-corrected chi connectivity index (χ1v) is 9.00. The van der Waals surface area contributed by atoms with Crippen LogP contribution in [0.3, 0.4) is 0 Å². The fourth-order valence-electron chi connectivity index (χ4n) is 1.88. The predicted octanol–water partition coefficient (Wildman–Crippen LogP) is 3.29. The molecule has 0 unspecified atom stereocenters. The Labute approximate surface area is 136 Å². The first-order chi connectivity index (χ1) is 10.1. The monoisotopic (exact) mass is 347 g/mol. The Morgan fingerprint density at radius 1 is 1.18 bits per heavy atom. The molecule has 0 aliphatic heterocycles. The summed E-state index contributed by atoms with van der Waals surface area (Å²) < 4.78 is 26.5. The second-order valence-corrected chi connectivity index (χ2v) is 8.05. The Bertz CT molecular complexity index is 596. The molecular formula is C15H22ClNO4S. The molecule has 0 atom stereocenters. The number of sulfonamides is 1. The standard InChI is InChI=1S/C15H22ClNO4S/c1-15(2,14(18)19)10-4-3-5-11-17-22(20,21)13-8-6-12(16)7-9-13/h6-9,17H,3-5,10-11H2,1-2H3,(H,18,19). The smallest absolute Gasteiger partial charge is 0.309 e. The molecule has 0 saturated carbocycles. The van der Waals surface area contributed by atoms with Crippen molar-refractivity contribution >= 4 is 27.6 Å². The van der Waals surface area contributed by atoms with E-state index in [0.29, 0.717) is 24.4 Å². The van der Waals surface area contributed by atoms with Gasteiger partial charge >= 0.3 is 5.97 Å². The fourth-order valence-corrected chi connectivity index (χ4v) is 3.08. The highest BCUT2D eigenvalue weighted by molar-refractivity contribution is 7.89. The minimum Gasteiger partial charge on any atom is -0.481 e. The van der Waals surface area contributed by atoms with E-state index in [1.807, 2.05) is 0 Å². The quantitative estimate of drug-likeness (QED) is 0.671. The third-order valence-corrected chi connectivity index (χ3v) is 5.20. The maximum atomic E-state index is 12.0. The molecule has 1 aromatic rings. The van der Waals surface area contributed by atoms with Crippen LogP contribution in [0, 0.1) is 5.41 Å². The van der Waals surface area contributed by atoms with Crippen LogP contribution in [0.1, 0.15) is 39.5 Å². The normalized spacial score (nSPS) is 12.3. The van der Waals surface area contributed by atoms with Crippen molar-refractivity contribution in [3.05, 3.63) is 29.3 Å². The van der Waals surface area contributed by atoms with Crippen LogP contribution >= 0.6 is 11.6 Å². The zero-order valence-electron chi connectivity index (χ0n) is 12.8. The number of hydrogen-bond donors (Lipinski definition) is 2. The molecule has 5 nitrogen and oxygen atoms in total. The van der Waals surface area contributed by atoms with Crippen molar-refractivity contribution in [1.82, 2.24) is 4.72 Å². The molecule has 0 spiro atoms. The average Bonchev–Trinajstić information content (AvgIpc) is 2.43. The van der Waals surface area contributed by atoms with Gasteiger partial charge in [0.1, 0.15) is 0 Å². The number of carboxylic acids is 1. The topological polar surface area (TPSA) is 83.5 Å². The van der Waals surface area contributed by atoms with Crippen molar-refractivity contribution in [2.45, 2.75) is 44.4 Å². The van der Waals surface area contributed by atoms with Crippen LogP contribution in [0.4, 0.5) is 0 Å². The van der Waals surface area contributed by atoms with E-state index in [0.717, 1.165) is 12.8 Å². The van der Waals surface area contributed by atoms with E-state index in [1.165, 1.54) is 24.3 Å². The molecule has 0 heterocycles. The SMILES string of the molecule is CC(C)(CCCCCNS(=O)(=O)c1ccc(Cl)cc1)C(=O)O. The van der Waals surface area contributed by atoms with Gasteiger partial charge in [0.25, 0.3) is 0 Å². The maximum absolute atomic E-state index is 12.0. The molecule has 2 N–H and O–H groups in total. The van der Waals surface area contributed by atoms with Crippen LogP contribution in [-0.4, -0.2) is 26.0 Å². The van der Waals surface area contributed by atoms with Gasteiger partial charge in [-0.3, -0.25) is 4.79 Å². The number of carboxylic acid groups (broad SMARTS) is 1. The molecule has 0 radical (unpaired) electrons. The second-order valence-electron chi connectivity index (χ2n) is 5.85. The minimum atomic E-state index is -3.51. The first-order valence-electron chi connectivity index (χ1n) is 7.14. The molecule has 0 aliphatic rings. The maximum Gasteiger partial charge on any atom is 0.309 e. The van der Waals surface area contributed by atoms with E-state index in [1.54, 1.807) is 13.8 Å². The summed E-state index contributed by atoms with van der Waals surface area (Å²) in [5.74, 6) is -0.809. The Morgan fingerprint density at radius 2 is 1.77 bits per heavy atom. The minimum absolute atomic E-state index is 0.184. The number of halogens is 1. The molecule has 0 bridgehead atoms. The van der Waals surface area contributed by atoms with E-state index in [-0.39, 0.29) is 4.90 Å². The molecule has 0 amide bonds. The lowest BCUT2D eigenvalue weighted by Crippen LogP contribution is -2.25. The van der Waals surface area contributed by atoms with Gasteiger partial charge in [0.15, 0.2) is 0 Å². The van der Waals surface area contributed by atoms with Crippen molar-refractivity contribution in [3.63, 3.8) is 0 Å². The summed E-state index contributed by atoms with van der Waals surface area (Å²) in [5.41, 5.74) is -0.733. The Balaban J connectivity index is 2.32. The van der Waals surface area contributed by atoms with Gasteiger partial charge in [-0.25, -0.2) is 13.1 Å². The highest BCUT2D eigenvalue weighted by Crippen LogP contribution is 2.23. The van der Waals surface area contributed by atoms with Crippen LogP contribution in [0.15, 0.2) is 29.2 Å². The van der Waals surface area contributed by atoms with E-state index < -0.39 is 21.4 Å². The van der Waals surface area contributed by atoms with Crippen LogP contribution in [0.25, 0.3) is 0 Å². The van der Waals surface area contributed by atoms with Crippen LogP contribution in [0.5, 0.6) is 0 Å². The highest BCUT2D eigenvalue weighted by Gasteiger charge is 2.25. The summed E-state index contributed by atoms with van der Waals surface area (Å²) in [6.07, 6.45) is 2.77. The van der Waals surface area contributed by atoms with Crippen molar-refractivity contribution in [1.29, 1.82) is 0 Å². The van der Waals surface area contributed by atoms with Gasteiger partial charge in [-0.05, 0) is 51.0 Å². The third-order valence-electron chi connectivity index (χ3n) is 3.47. The van der Waals surface area contributed by atoms with Gasteiger partial charge in [0.05, 0.1) is 10.3 Å². The summed E-state index contributed by atoms with van der Waals surface area (Å²) in [7, 11) is -3.51. The predicted molar refractivity (Wildman–Crippen MR) is 86.5 cm³/mol. The third kappa shape index (κ3) is 5.94. The molecule has 0 aromatic heterocycles. The molecule has 0 aliphatic carbocycles. The molecule has 0 fully saturated rings. The van der Waals surface area contributed by atoms with Gasteiger partial charge in [0, 0.05) is 11.6 Å². The number of aliphatic carboxylic acids is 1. The number of carbonyl (C=O) groups is 1. The molecule has 0 saturated heterocycles. The number of benzene rings is 1. The summed E-state index contributed by atoms with van der Waals surface area (Å²) in [6.45, 7) is 3.72. The van der Waals surface area contributed by atoms with Crippen molar-refractivity contribution in [2.75, 3.05) is 6.54 Å². The zero-order valence-corrected chi connectivity index (χ0v) is 14.4. The second kappa shape index (κ2) is 7.94. The molecule has 1 aromatic carbocycles. The van der Waals surface area contributed by atoms with E-state index in [4.69, 9.17) is 16.7 Å². The van der Waals surface area contributed by atoms with Crippen LogP contribution < -0.4 is 4.72 Å². The number of unbranched alkanes of at least 4 members (excludes halogenated alkanes) is 2. The summed E-state index contributed by atoms with van der Waals surface area (Å²) in [6, 6.07) is 5.98. The fraction of sp³-hybridized carbons (Fsp3) is 0.533. The Hall–Kier alpha value is -1.11. The molecule has 22 heavy (non-hydrogen) atoms. The molecular weight excluding hydrogens is 326 g/mol. The lowest BCUT2D eigenvalue weighted by atomic mass is 9.87. The van der Waals surface area contributed by atoms with Gasteiger partial charge in [-0.1, -0.05) is 24.4 Å². The summed E-state index contributed by atoms with van der Waals surface area (Å²) in [5, 5.41) is 9.48. The highest BCUT2D eigenvalue weighted by atomic mass is 35.5. The summed E-state index contributed by atoms with van der Waals surface area (Å²) in [4.78, 5) is 11.1. The first kappa shape index (κ1) is 18.9. The lowest BCUT2D eigenvalue weighted by molar-refractivity contribution is -0.147.